The number of benzene rings is 1. The second-order valence-electron chi connectivity index (χ2n) is 5.66. The predicted octanol–water partition coefficient (Wildman–Crippen LogP) is 2.03. The molecular formula is C15H19NO3. The third kappa shape index (κ3) is 2.45. The number of nitrogens with zero attached hydrogens (tertiary/aromatic N) is 1. The molecule has 4 nitrogen and oxygen atoms in total. The van der Waals surface area contributed by atoms with Gasteiger partial charge in [0.05, 0.1) is 0 Å². The lowest BCUT2D eigenvalue weighted by atomic mass is 9.94. The van der Waals surface area contributed by atoms with Crippen molar-refractivity contribution in [1.29, 1.82) is 0 Å². The van der Waals surface area contributed by atoms with Gasteiger partial charge in [0.25, 0.3) is 0 Å². The largest absolute Gasteiger partial charge is 0.445 e. The van der Waals surface area contributed by atoms with Crippen LogP contribution in [-0.4, -0.2) is 35.8 Å². The van der Waals surface area contributed by atoms with E-state index in [1.54, 1.807) is 4.90 Å². The van der Waals surface area contributed by atoms with Gasteiger partial charge in [-0.15, -0.1) is 0 Å². The first kappa shape index (κ1) is 12.5. The number of carbonyl (C=O) groups is 1. The first-order valence-corrected chi connectivity index (χ1v) is 6.80. The van der Waals surface area contributed by atoms with Gasteiger partial charge in [0.2, 0.25) is 0 Å². The zero-order valence-corrected chi connectivity index (χ0v) is 10.9. The maximum atomic E-state index is 12.0. The Bertz CT molecular complexity index is 456. The standard InChI is InChI=1S/C15H19NO3/c17-9-13-8-16(11-15(13)6-7-15)14(18)19-10-12-4-2-1-3-5-12/h1-5,13,17H,6-11H2. The van der Waals surface area contributed by atoms with Crippen LogP contribution in [0.1, 0.15) is 18.4 Å². The van der Waals surface area contributed by atoms with E-state index in [0.717, 1.165) is 24.9 Å². The average Bonchev–Trinajstić information content (AvgIpc) is 3.11. The van der Waals surface area contributed by atoms with Crippen LogP contribution < -0.4 is 0 Å². The molecule has 1 amide bonds. The summed E-state index contributed by atoms with van der Waals surface area (Å²) in [5, 5.41) is 9.37. The molecule has 0 aromatic heterocycles. The van der Waals surface area contributed by atoms with Crippen LogP contribution in [0.25, 0.3) is 0 Å². The summed E-state index contributed by atoms with van der Waals surface area (Å²) in [4.78, 5) is 13.8. The number of likely N-dealkylation sites (tertiary alicyclic amines) is 1. The Kier molecular flexibility index (Phi) is 3.19. The van der Waals surface area contributed by atoms with Gasteiger partial charge in [0.1, 0.15) is 6.61 Å². The third-order valence-electron chi connectivity index (χ3n) is 4.39. The molecule has 1 aromatic carbocycles. The molecule has 1 heterocycles. The van der Waals surface area contributed by atoms with E-state index < -0.39 is 0 Å². The van der Waals surface area contributed by atoms with Gasteiger partial charge in [0, 0.05) is 25.6 Å². The molecule has 1 aromatic rings. The minimum Gasteiger partial charge on any atom is -0.445 e. The molecule has 1 atom stereocenters. The molecule has 2 fully saturated rings. The normalized spacial score (nSPS) is 23.6. The molecule has 1 N–H and O–H groups in total. The first-order valence-electron chi connectivity index (χ1n) is 6.80. The van der Waals surface area contributed by atoms with Gasteiger partial charge >= 0.3 is 6.09 Å². The number of rotatable bonds is 3. The highest BCUT2D eigenvalue weighted by Crippen LogP contribution is 2.56. The van der Waals surface area contributed by atoms with E-state index >= 15 is 0 Å². The zero-order valence-electron chi connectivity index (χ0n) is 10.9. The molecule has 2 aliphatic rings. The van der Waals surface area contributed by atoms with E-state index in [4.69, 9.17) is 4.74 Å². The Balaban J connectivity index is 1.54. The molecule has 1 spiro atoms. The summed E-state index contributed by atoms with van der Waals surface area (Å²) in [6, 6.07) is 9.68. The number of hydrogen-bond donors (Lipinski definition) is 1. The van der Waals surface area contributed by atoms with Gasteiger partial charge in [-0.2, -0.15) is 0 Å². The summed E-state index contributed by atoms with van der Waals surface area (Å²) < 4.78 is 5.33. The van der Waals surface area contributed by atoms with Gasteiger partial charge in [-0.3, -0.25) is 0 Å². The highest BCUT2D eigenvalue weighted by Gasteiger charge is 2.55. The van der Waals surface area contributed by atoms with E-state index in [9.17, 15) is 9.90 Å². The average molecular weight is 261 g/mol. The molecular weight excluding hydrogens is 242 g/mol. The van der Waals surface area contributed by atoms with Crippen molar-refractivity contribution in [3.63, 3.8) is 0 Å². The maximum absolute atomic E-state index is 12.0. The van der Waals surface area contributed by atoms with Gasteiger partial charge in [-0.1, -0.05) is 30.3 Å². The lowest BCUT2D eigenvalue weighted by Gasteiger charge is -2.16. The van der Waals surface area contributed by atoms with Crippen LogP contribution >= 0.6 is 0 Å². The van der Waals surface area contributed by atoms with E-state index in [0.29, 0.717) is 13.2 Å². The quantitative estimate of drug-likeness (QED) is 0.905. The molecule has 1 saturated carbocycles. The third-order valence-corrected chi connectivity index (χ3v) is 4.39. The fourth-order valence-electron chi connectivity index (χ4n) is 2.96. The Labute approximate surface area is 113 Å². The summed E-state index contributed by atoms with van der Waals surface area (Å²) in [6.07, 6.45) is 1.99. The van der Waals surface area contributed by atoms with Gasteiger partial charge in [0.15, 0.2) is 0 Å². The minimum atomic E-state index is -0.258. The molecule has 4 heteroatoms. The van der Waals surface area contributed by atoms with E-state index in [1.807, 2.05) is 30.3 Å². The number of aliphatic hydroxyl groups excluding tert-OH is 1. The molecule has 1 aliphatic carbocycles. The van der Waals surface area contributed by atoms with Gasteiger partial charge in [-0.05, 0) is 23.8 Å². The lowest BCUT2D eigenvalue weighted by Crippen LogP contribution is -2.30. The summed E-state index contributed by atoms with van der Waals surface area (Å²) in [5.74, 6) is 0.233. The molecule has 102 valence electrons. The van der Waals surface area contributed by atoms with Crippen molar-refractivity contribution in [2.45, 2.75) is 19.4 Å². The van der Waals surface area contributed by atoms with Crippen molar-refractivity contribution < 1.29 is 14.6 Å². The van der Waals surface area contributed by atoms with Crippen molar-refractivity contribution in [2.24, 2.45) is 11.3 Å². The number of aliphatic hydroxyl groups is 1. The topological polar surface area (TPSA) is 49.8 Å². The van der Waals surface area contributed by atoms with Gasteiger partial charge < -0.3 is 14.7 Å². The van der Waals surface area contributed by atoms with Crippen molar-refractivity contribution >= 4 is 6.09 Å². The molecule has 0 bridgehead atoms. The van der Waals surface area contributed by atoms with Crippen molar-refractivity contribution in [3.05, 3.63) is 35.9 Å². The number of ether oxygens (including phenoxy) is 1. The van der Waals surface area contributed by atoms with Crippen LogP contribution in [0.3, 0.4) is 0 Å². The number of carbonyl (C=O) groups excluding carboxylic acids is 1. The smallest absolute Gasteiger partial charge is 0.410 e. The maximum Gasteiger partial charge on any atom is 0.410 e. The van der Waals surface area contributed by atoms with E-state index in [-0.39, 0.29) is 24.0 Å². The Hall–Kier alpha value is -1.55. The summed E-state index contributed by atoms with van der Waals surface area (Å²) >= 11 is 0. The fraction of sp³-hybridized carbons (Fsp3) is 0.533. The van der Waals surface area contributed by atoms with E-state index in [1.165, 1.54) is 0 Å². The zero-order chi connectivity index (χ0) is 13.3. The number of amides is 1. The van der Waals surface area contributed by atoms with Crippen molar-refractivity contribution in [3.8, 4) is 0 Å². The number of hydrogen-bond acceptors (Lipinski definition) is 3. The van der Waals surface area contributed by atoms with Crippen LogP contribution in [0.5, 0.6) is 0 Å². The predicted molar refractivity (Wildman–Crippen MR) is 70.4 cm³/mol. The van der Waals surface area contributed by atoms with Crippen LogP contribution in [0.2, 0.25) is 0 Å². The second-order valence-corrected chi connectivity index (χ2v) is 5.66. The van der Waals surface area contributed by atoms with Crippen LogP contribution in [-0.2, 0) is 11.3 Å². The van der Waals surface area contributed by atoms with Crippen LogP contribution in [0, 0.1) is 11.3 Å². The SMILES string of the molecule is O=C(OCc1ccccc1)N1CC(CO)C2(CC2)C1. The molecule has 1 unspecified atom stereocenters. The highest BCUT2D eigenvalue weighted by molar-refractivity contribution is 5.68. The molecule has 19 heavy (non-hydrogen) atoms. The van der Waals surface area contributed by atoms with Crippen molar-refractivity contribution in [2.75, 3.05) is 19.7 Å². The Morgan fingerprint density at radius 3 is 2.68 bits per heavy atom. The summed E-state index contributed by atoms with van der Waals surface area (Å²) in [7, 11) is 0. The summed E-state index contributed by atoms with van der Waals surface area (Å²) in [5.41, 5.74) is 1.19. The fourth-order valence-corrected chi connectivity index (χ4v) is 2.96. The van der Waals surface area contributed by atoms with Gasteiger partial charge in [-0.25, -0.2) is 4.79 Å². The van der Waals surface area contributed by atoms with Crippen LogP contribution in [0.15, 0.2) is 30.3 Å². The molecule has 1 saturated heterocycles. The monoisotopic (exact) mass is 261 g/mol. The molecule has 0 radical (unpaired) electrons. The summed E-state index contributed by atoms with van der Waals surface area (Å²) in [6.45, 7) is 1.85. The minimum absolute atomic E-state index is 0.169. The molecule has 1 aliphatic heterocycles. The first-order chi connectivity index (χ1) is 9.23. The Morgan fingerprint density at radius 1 is 1.37 bits per heavy atom. The van der Waals surface area contributed by atoms with E-state index in [2.05, 4.69) is 0 Å². The van der Waals surface area contributed by atoms with Crippen molar-refractivity contribution in [1.82, 2.24) is 4.90 Å². The highest BCUT2D eigenvalue weighted by atomic mass is 16.6. The lowest BCUT2D eigenvalue weighted by molar-refractivity contribution is 0.101. The van der Waals surface area contributed by atoms with Crippen LogP contribution in [0.4, 0.5) is 4.79 Å². The second kappa shape index (κ2) is 4.85. The Morgan fingerprint density at radius 2 is 2.11 bits per heavy atom. The molecule has 3 rings (SSSR count).